The minimum Gasteiger partial charge on any atom is -0.384 e. The van der Waals surface area contributed by atoms with Crippen molar-refractivity contribution in [2.24, 2.45) is 0 Å². The van der Waals surface area contributed by atoms with Gasteiger partial charge in [0, 0.05) is 49.4 Å². The molecule has 0 amide bonds. The van der Waals surface area contributed by atoms with Gasteiger partial charge < -0.3 is 4.74 Å². The Bertz CT molecular complexity index is 1130. The van der Waals surface area contributed by atoms with E-state index in [-0.39, 0.29) is 29.6 Å². The topological polar surface area (TPSA) is 69.4 Å². The van der Waals surface area contributed by atoms with E-state index in [1.807, 2.05) is 0 Å². The number of aromatic nitrogens is 4. The molecule has 0 spiro atoms. The summed E-state index contributed by atoms with van der Waals surface area (Å²) in [6.07, 6.45) is 0.785. The van der Waals surface area contributed by atoms with Crippen molar-refractivity contribution >= 4 is 23.0 Å². The van der Waals surface area contributed by atoms with Crippen molar-refractivity contribution in [1.29, 1.82) is 0 Å². The molecule has 0 atom stereocenters. The van der Waals surface area contributed by atoms with Crippen molar-refractivity contribution in [2.45, 2.75) is 43.7 Å². The highest BCUT2D eigenvalue weighted by Crippen LogP contribution is 2.45. The molecule has 10 heteroatoms. The average molecular weight is 453 g/mol. The SMILES string of the molecule is COCC1(c2c(CC(=O)Cc3ccnc(C(F)(F)F)c3)cnc3cc(Cl)nn23)CCC1. The maximum absolute atomic E-state index is 12.9. The van der Waals surface area contributed by atoms with Gasteiger partial charge in [-0.3, -0.25) is 9.78 Å². The van der Waals surface area contributed by atoms with E-state index in [1.165, 1.54) is 6.07 Å². The van der Waals surface area contributed by atoms with Gasteiger partial charge in [0.1, 0.15) is 11.5 Å². The lowest BCUT2D eigenvalue weighted by Crippen LogP contribution is -2.42. The number of Topliss-reactive ketones (excluding diaryl/α,β-unsaturated/α-hetero) is 1. The molecule has 6 nitrogen and oxygen atoms in total. The third kappa shape index (κ3) is 4.29. The molecule has 31 heavy (non-hydrogen) atoms. The number of ketones is 1. The van der Waals surface area contributed by atoms with Gasteiger partial charge in [-0.15, -0.1) is 0 Å². The third-order valence-corrected chi connectivity index (χ3v) is 5.85. The summed E-state index contributed by atoms with van der Waals surface area (Å²) in [6, 6.07) is 3.97. The molecule has 0 aromatic carbocycles. The van der Waals surface area contributed by atoms with Crippen LogP contribution in [0.2, 0.25) is 5.15 Å². The molecule has 0 bridgehead atoms. The highest BCUT2D eigenvalue weighted by molar-refractivity contribution is 6.29. The number of carbonyl (C=O) groups is 1. The molecule has 3 heterocycles. The number of hydrogen-bond donors (Lipinski definition) is 0. The monoisotopic (exact) mass is 452 g/mol. The molecule has 3 aromatic rings. The van der Waals surface area contributed by atoms with Crippen LogP contribution >= 0.6 is 11.6 Å². The Balaban J connectivity index is 1.66. The Kier molecular flexibility index (Phi) is 5.74. The second-order valence-corrected chi connectivity index (χ2v) is 8.26. The normalized spacial score (nSPS) is 15.8. The van der Waals surface area contributed by atoms with Crippen LogP contribution in [0, 0.1) is 0 Å². The molecule has 0 aliphatic heterocycles. The van der Waals surface area contributed by atoms with Crippen LogP contribution < -0.4 is 0 Å². The van der Waals surface area contributed by atoms with Gasteiger partial charge in [-0.2, -0.15) is 18.3 Å². The number of carbonyl (C=O) groups excluding carboxylic acids is 1. The number of nitrogens with zero attached hydrogens (tertiary/aromatic N) is 4. The van der Waals surface area contributed by atoms with Gasteiger partial charge in [-0.25, -0.2) is 9.50 Å². The minimum atomic E-state index is -4.56. The molecule has 1 saturated carbocycles. The zero-order valence-electron chi connectivity index (χ0n) is 16.7. The number of rotatable bonds is 7. The first-order valence-electron chi connectivity index (χ1n) is 9.78. The van der Waals surface area contributed by atoms with E-state index in [1.54, 1.807) is 23.9 Å². The summed E-state index contributed by atoms with van der Waals surface area (Å²) in [7, 11) is 1.63. The van der Waals surface area contributed by atoms with Gasteiger partial charge in [0.2, 0.25) is 0 Å². The highest BCUT2D eigenvalue weighted by atomic mass is 35.5. The van der Waals surface area contributed by atoms with Gasteiger partial charge in [0.25, 0.3) is 0 Å². The quantitative estimate of drug-likeness (QED) is 0.537. The molecule has 0 N–H and O–H groups in total. The second kappa shape index (κ2) is 8.20. The van der Waals surface area contributed by atoms with Crippen LogP contribution in [0.25, 0.3) is 5.65 Å². The fourth-order valence-electron chi connectivity index (χ4n) is 4.21. The van der Waals surface area contributed by atoms with Crippen LogP contribution in [0.15, 0.2) is 30.6 Å². The summed E-state index contributed by atoms with van der Waals surface area (Å²) in [6.45, 7) is 0.462. The fraction of sp³-hybridized carbons (Fsp3) is 0.429. The van der Waals surface area contributed by atoms with Crippen LogP contribution in [0.4, 0.5) is 13.2 Å². The lowest BCUT2D eigenvalue weighted by Gasteiger charge is -2.42. The summed E-state index contributed by atoms with van der Waals surface area (Å²) in [5.74, 6) is -0.230. The van der Waals surface area contributed by atoms with Crippen LogP contribution in [-0.2, 0) is 34.0 Å². The summed E-state index contributed by atoms with van der Waals surface area (Å²) in [5, 5.41) is 4.65. The van der Waals surface area contributed by atoms with Crippen molar-refractivity contribution in [3.63, 3.8) is 0 Å². The van der Waals surface area contributed by atoms with Gasteiger partial charge >= 0.3 is 6.18 Å². The van der Waals surface area contributed by atoms with E-state index in [0.29, 0.717) is 23.0 Å². The number of alkyl halides is 3. The molecule has 3 aromatic heterocycles. The van der Waals surface area contributed by atoms with E-state index in [0.717, 1.165) is 37.2 Å². The highest BCUT2D eigenvalue weighted by Gasteiger charge is 2.43. The van der Waals surface area contributed by atoms with Crippen molar-refractivity contribution in [3.05, 3.63) is 58.3 Å². The van der Waals surface area contributed by atoms with Crippen LogP contribution in [-0.4, -0.2) is 39.1 Å². The van der Waals surface area contributed by atoms with E-state index in [9.17, 15) is 18.0 Å². The maximum atomic E-state index is 12.9. The van der Waals surface area contributed by atoms with E-state index in [4.69, 9.17) is 16.3 Å². The molecule has 0 saturated heterocycles. The first kappa shape index (κ1) is 21.7. The Hall–Kier alpha value is -2.52. The van der Waals surface area contributed by atoms with Gasteiger partial charge in [-0.05, 0) is 30.5 Å². The third-order valence-electron chi connectivity index (χ3n) is 5.67. The minimum absolute atomic E-state index is 0.0187. The lowest BCUT2D eigenvalue weighted by molar-refractivity contribution is -0.141. The standard InChI is InChI=1S/C21H20ClF3N4O2/c1-31-12-20(4-2-5-20)19-14(11-27-18-10-17(22)28-29(18)19)9-15(30)7-13-3-6-26-16(8-13)21(23,24)25/h3,6,8,10-11H,2,4-5,7,9,12H2,1H3. The molecule has 164 valence electrons. The van der Waals surface area contributed by atoms with Crippen LogP contribution in [0.5, 0.6) is 0 Å². The smallest absolute Gasteiger partial charge is 0.384 e. The second-order valence-electron chi connectivity index (χ2n) is 7.88. The zero-order valence-corrected chi connectivity index (χ0v) is 17.5. The summed E-state index contributed by atoms with van der Waals surface area (Å²) < 4.78 is 45.9. The molecular weight excluding hydrogens is 433 g/mol. The van der Waals surface area contributed by atoms with Gasteiger partial charge in [-0.1, -0.05) is 18.0 Å². The number of pyridine rings is 1. The lowest BCUT2D eigenvalue weighted by atomic mass is 9.65. The Morgan fingerprint density at radius 2 is 2.03 bits per heavy atom. The Morgan fingerprint density at radius 1 is 1.26 bits per heavy atom. The predicted octanol–water partition coefficient (Wildman–Crippen LogP) is 4.22. The largest absolute Gasteiger partial charge is 0.433 e. The average Bonchev–Trinajstić information content (AvgIpc) is 3.05. The van der Waals surface area contributed by atoms with Gasteiger partial charge in [0.15, 0.2) is 10.8 Å². The fourth-order valence-corrected chi connectivity index (χ4v) is 4.38. The number of ether oxygens (including phenoxy) is 1. The molecule has 1 aliphatic rings. The number of fused-ring (bicyclic) bond motifs is 1. The van der Waals surface area contributed by atoms with E-state index < -0.39 is 11.9 Å². The summed E-state index contributed by atoms with van der Waals surface area (Å²) in [4.78, 5) is 20.5. The van der Waals surface area contributed by atoms with Crippen molar-refractivity contribution in [1.82, 2.24) is 19.6 Å². The van der Waals surface area contributed by atoms with E-state index in [2.05, 4.69) is 15.1 Å². The van der Waals surface area contributed by atoms with Crippen LogP contribution in [0.3, 0.4) is 0 Å². The molecule has 0 radical (unpaired) electrons. The zero-order chi connectivity index (χ0) is 22.2. The van der Waals surface area contributed by atoms with Crippen molar-refractivity contribution in [2.75, 3.05) is 13.7 Å². The Morgan fingerprint density at radius 3 is 2.68 bits per heavy atom. The number of methoxy groups -OCH3 is 1. The van der Waals surface area contributed by atoms with Gasteiger partial charge in [0.05, 0.1) is 12.3 Å². The number of halogens is 4. The first-order chi connectivity index (χ1) is 14.7. The molecular formula is C21H20ClF3N4O2. The molecule has 1 fully saturated rings. The first-order valence-corrected chi connectivity index (χ1v) is 10.2. The number of hydrogen-bond acceptors (Lipinski definition) is 5. The summed E-state index contributed by atoms with van der Waals surface area (Å²) >= 11 is 6.09. The van der Waals surface area contributed by atoms with Crippen molar-refractivity contribution in [3.8, 4) is 0 Å². The van der Waals surface area contributed by atoms with Crippen molar-refractivity contribution < 1.29 is 22.7 Å². The maximum Gasteiger partial charge on any atom is 0.433 e. The summed E-state index contributed by atoms with van der Waals surface area (Å²) in [5.41, 5.74) is 1.03. The molecule has 0 unspecified atom stereocenters. The Labute approximate surface area is 181 Å². The van der Waals surface area contributed by atoms with E-state index >= 15 is 0 Å². The predicted molar refractivity (Wildman–Crippen MR) is 107 cm³/mol. The molecule has 4 rings (SSSR count). The van der Waals surface area contributed by atoms with Crippen LogP contribution in [0.1, 0.15) is 41.8 Å². The molecule has 1 aliphatic carbocycles.